The molecule has 0 saturated carbocycles. The number of carbonyl (C=O) groups excluding carboxylic acids is 1. The number of aromatic nitrogens is 1. The summed E-state index contributed by atoms with van der Waals surface area (Å²) in [4.78, 5) is 20.2. The average molecular weight is 386 g/mol. The van der Waals surface area contributed by atoms with E-state index in [4.69, 9.17) is 4.74 Å². The number of carbonyl (C=O) groups is 1. The zero-order valence-electron chi connectivity index (χ0n) is 14.2. The quantitative estimate of drug-likeness (QED) is 0.487. The van der Waals surface area contributed by atoms with Crippen LogP contribution in [0.5, 0.6) is 5.75 Å². The van der Waals surface area contributed by atoms with Crippen LogP contribution in [0.1, 0.15) is 36.2 Å². The van der Waals surface area contributed by atoms with E-state index < -0.39 is 18.1 Å². The van der Waals surface area contributed by atoms with Crippen LogP contribution in [0.3, 0.4) is 0 Å². The normalized spacial score (nSPS) is 11.3. The van der Waals surface area contributed by atoms with Crippen molar-refractivity contribution in [2.45, 2.75) is 33.1 Å². The van der Waals surface area contributed by atoms with Crippen LogP contribution in [0.25, 0.3) is 10.6 Å². The number of esters is 1. The van der Waals surface area contributed by atoms with Gasteiger partial charge in [0.1, 0.15) is 16.3 Å². The van der Waals surface area contributed by atoms with Crippen molar-refractivity contribution in [1.82, 2.24) is 4.98 Å². The fourth-order valence-electron chi connectivity index (χ4n) is 2.49. The molecule has 0 fully saturated rings. The predicted molar refractivity (Wildman–Crippen MR) is 93.4 cm³/mol. The Bertz CT molecular complexity index is 790. The number of hydrogen-bond donors (Lipinski definition) is 0. The molecule has 0 bridgehead atoms. The Labute approximate surface area is 152 Å². The Morgan fingerprint density at radius 3 is 2.62 bits per heavy atom. The van der Waals surface area contributed by atoms with Crippen molar-refractivity contribution in [1.29, 1.82) is 0 Å². The molecule has 1 heterocycles. The minimum absolute atomic E-state index is 0.00440. The SMILES string of the molecule is C=Nc1c(CCC)c(-c2nccs2)cc(C(=O)OCC)c1OC(F)(F)F. The second kappa shape index (κ2) is 8.31. The molecule has 1 aromatic carbocycles. The van der Waals surface area contributed by atoms with Crippen molar-refractivity contribution < 1.29 is 27.4 Å². The molecular formula is C17H17F3N2O3S. The van der Waals surface area contributed by atoms with Crippen molar-refractivity contribution >= 4 is 29.7 Å². The number of aliphatic imine (C=N–C) groups is 1. The van der Waals surface area contributed by atoms with Gasteiger partial charge >= 0.3 is 12.3 Å². The minimum atomic E-state index is -4.99. The predicted octanol–water partition coefficient (Wildman–Crippen LogP) is 5.17. The summed E-state index contributed by atoms with van der Waals surface area (Å²) in [6, 6.07) is 1.32. The maximum Gasteiger partial charge on any atom is 0.573 e. The lowest BCUT2D eigenvalue weighted by atomic mass is 9.97. The third kappa shape index (κ3) is 4.40. The van der Waals surface area contributed by atoms with Crippen molar-refractivity contribution in [2.75, 3.05) is 6.61 Å². The summed E-state index contributed by atoms with van der Waals surface area (Å²) in [7, 11) is 0. The Morgan fingerprint density at radius 1 is 1.38 bits per heavy atom. The van der Waals surface area contributed by atoms with E-state index in [0.29, 0.717) is 29.0 Å². The number of thiazole rings is 1. The van der Waals surface area contributed by atoms with Crippen LogP contribution >= 0.6 is 11.3 Å². The monoisotopic (exact) mass is 386 g/mol. The van der Waals surface area contributed by atoms with Crippen LogP contribution in [0.2, 0.25) is 0 Å². The number of ether oxygens (including phenoxy) is 2. The first kappa shape index (κ1) is 19.9. The fourth-order valence-corrected chi connectivity index (χ4v) is 3.17. The van der Waals surface area contributed by atoms with E-state index in [1.807, 2.05) is 6.92 Å². The lowest BCUT2D eigenvalue weighted by molar-refractivity contribution is -0.274. The van der Waals surface area contributed by atoms with Crippen LogP contribution in [-0.2, 0) is 11.2 Å². The number of halogens is 3. The van der Waals surface area contributed by atoms with E-state index in [1.54, 1.807) is 18.5 Å². The molecule has 2 aromatic rings. The van der Waals surface area contributed by atoms with Gasteiger partial charge in [-0.25, -0.2) is 9.78 Å². The summed E-state index contributed by atoms with van der Waals surface area (Å²) < 4.78 is 47.8. The molecule has 0 spiro atoms. The van der Waals surface area contributed by atoms with E-state index in [-0.39, 0.29) is 17.9 Å². The van der Waals surface area contributed by atoms with Crippen molar-refractivity contribution in [3.05, 3.63) is 28.8 Å². The summed E-state index contributed by atoms with van der Waals surface area (Å²) in [6.07, 6.45) is -2.36. The number of hydrogen-bond acceptors (Lipinski definition) is 6. The van der Waals surface area contributed by atoms with Gasteiger partial charge in [-0.2, -0.15) is 0 Å². The maximum atomic E-state index is 12.9. The molecule has 2 rings (SSSR count). The summed E-state index contributed by atoms with van der Waals surface area (Å²) in [5, 5.41) is 2.29. The number of nitrogens with zero attached hydrogens (tertiary/aromatic N) is 2. The van der Waals surface area contributed by atoms with E-state index in [0.717, 1.165) is 0 Å². The first-order valence-corrected chi connectivity index (χ1v) is 8.69. The highest BCUT2D eigenvalue weighted by Gasteiger charge is 2.36. The second-order valence-electron chi connectivity index (χ2n) is 5.14. The Balaban J connectivity index is 2.81. The van der Waals surface area contributed by atoms with Gasteiger partial charge in [-0.1, -0.05) is 13.3 Å². The Hall–Kier alpha value is -2.42. The molecule has 5 nitrogen and oxygen atoms in total. The Kier molecular flexibility index (Phi) is 6.36. The summed E-state index contributed by atoms with van der Waals surface area (Å²) in [5.74, 6) is -1.63. The zero-order valence-corrected chi connectivity index (χ0v) is 15.0. The topological polar surface area (TPSA) is 60.8 Å². The van der Waals surface area contributed by atoms with Gasteiger partial charge in [-0.15, -0.1) is 24.5 Å². The fraction of sp³-hybridized carbons (Fsp3) is 0.353. The van der Waals surface area contributed by atoms with Gasteiger partial charge in [-0.05, 0) is 31.7 Å². The van der Waals surface area contributed by atoms with E-state index in [1.165, 1.54) is 17.4 Å². The highest BCUT2D eigenvalue weighted by Crippen LogP contribution is 2.44. The smallest absolute Gasteiger partial charge is 0.462 e. The molecule has 0 aliphatic heterocycles. The number of rotatable bonds is 7. The van der Waals surface area contributed by atoms with Crippen LogP contribution in [-0.4, -0.2) is 30.6 Å². The zero-order chi connectivity index (χ0) is 19.3. The second-order valence-corrected chi connectivity index (χ2v) is 6.04. The third-order valence-corrected chi connectivity index (χ3v) is 4.20. The van der Waals surface area contributed by atoms with E-state index in [9.17, 15) is 18.0 Å². The largest absolute Gasteiger partial charge is 0.573 e. The molecule has 0 N–H and O–H groups in total. The molecule has 0 saturated heterocycles. The van der Waals surface area contributed by atoms with Crippen LogP contribution in [0.15, 0.2) is 22.6 Å². The third-order valence-electron chi connectivity index (χ3n) is 3.39. The van der Waals surface area contributed by atoms with Crippen LogP contribution in [0, 0.1) is 0 Å². The average Bonchev–Trinajstić information content (AvgIpc) is 3.08. The van der Waals surface area contributed by atoms with Crippen LogP contribution in [0.4, 0.5) is 18.9 Å². The molecule has 0 amide bonds. The summed E-state index contributed by atoms with van der Waals surface area (Å²) in [6.45, 7) is 6.81. The van der Waals surface area contributed by atoms with Crippen LogP contribution < -0.4 is 4.74 Å². The number of alkyl halides is 3. The molecule has 0 radical (unpaired) electrons. The molecule has 1 aromatic heterocycles. The summed E-state index contributed by atoms with van der Waals surface area (Å²) in [5.41, 5.74) is 0.517. The molecule has 0 aliphatic rings. The highest BCUT2D eigenvalue weighted by molar-refractivity contribution is 7.13. The van der Waals surface area contributed by atoms with Gasteiger partial charge < -0.3 is 9.47 Å². The lowest BCUT2D eigenvalue weighted by Crippen LogP contribution is -2.20. The first-order valence-electron chi connectivity index (χ1n) is 7.81. The minimum Gasteiger partial charge on any atom is -0.462 e. The molecular weight excluding hydrogens is 369 g/mol. The van der Waals surface area contributed by atoms with Gasteiger partial charge in [0.15, 0.2) is 5.75 Å². The standard InChI is InChI=1S/C17H17F3N2O3S/c1-4-6-10-11(15-22-7-8-26-15)9-12(16(23)24-5-2)14(13(10)21-3)25-17(18,19)20/h7-9H,3-6H2,1-2H3. The molecule has 26 heavy (non-hydrogen) atoms. The van der Waals surface area contributed by atoms with Crippen molar-refractivity contribution in [3.8, 4) is 16.3 Å². The summed E-state index contributed by atoms with van der Waals surface area (Å²) >= 11 is 1.30. The van der Waals surface area contributed by atoms with Crippen molar-refractivity contribution in [3.63, 3.8) is 0 Å². The van der Waals surface area contributed by atoms with Crippen molar-refractivity contribution in [2.24, 2.45) is 4.99 Å². The van der Waals surface area contributed by atoms with E-state index >= 15 is 0 Å². The van der Waals surface area contributed by atoms with Gasteiger partial charge in [0, 0.05) is 17.1 Å². The van der Waals surface area contributed by atoms with Gasteiger partial charge in [0.05, 0.1) is 6.61 Å². The van der Waals surface area contributed by atoms with E-state index in [2.05, 4.69) is 21.4 Å². The highest BCUT2D eigenvalue weighted by atomic mass is 32.1. The number of benzene rings is 1. The van der Waals surface area contributed by atoms with Gasteiger partial charge in [0.25, 0.3) is 0 Å². The maximum absolute atomic E-state index is 12.9. The molecule has 0 atom stereocenters. The van der Waals surface area contributed by atoms with Gasteiger partial charge in [0.2, 0.25) is 0 Å². The molecule has 9 heteroatoms. The molecule has 140 valence electrons. The van der Waals surface area contributed by atoms with Gasteiger partial charge in [-0.3, -0.25) is 4.99 Å². The molecule has 0 unspecified atom stereocenters. The first-order chi connectivity index (χ1) is 12.3. The Morgan fingerprint density at radius 2 is 2.12 bits per heavy atom. The molecule has 0 aliphatic carbocycles. The lowest BCUT2D eigenvalue weighted by Gasteiger charge is -2.19.